The summed E-state index contributed by atoms with van der Waals surface area (Å²) in [5.74, 6) is 1.60. The number of fused-ring (bicyclic) bond motifs is 1. The first-order valence-electron chi connectivity index (χ1n) is 11.8. The second kappa shape index (κ2) is 13.4. The number of aliphatic hydroxyl groups is 1. The van der Waals surface area contributed by atoms with Crippen LogP contribution in [-0.2, 0) is 0 Å². The van der Waals surface area contributed by atoms with E-state index in [1.807, 2.05) is 65.8 Å². The molecule has 0 spiro atoms. The molecule has 0 radical (unpaired) electrons. The summed E-state index contributed by atoms with van der Waals surface area (Å²) < 4.78 is 0. The molecule has 0 saturated heterocycles. The standard InChI is InChI=1S/C23H28N4O2.2C2H6/c1-13-5-9-19-18(11-13)22(29)16(4)21(26-19)23(24)27-20-10-8-17(12-25-20)14(2)6-7-15(3)28;2*1-2/h5-7,9,11,17,28H,8,10,12H2,1-4H3,(H,26,29)(H2,24,25,27);2*1-2H3/b14-6+,15-7+;;. The van der Waals surface area contributed by atoms with Crippen molar-refractivity contribution < 1.29 is 5.11 Å². The summed E-state index contributed by atoms with van der Waals surface area (Å²) in [6.45, 7) is 16.1. The average molecular weight is 453 g/mol. The molecule has 1 unspecified atom stereocenters. The first kappa shape index (κ1) is 27.9. The molecule has 33 heavy (non-hydrogen) atoms. The van der Waals surface area contributed by atoms with Crippen LogP contribution in [0, 0.1) is 19.8 Å². The molecule has 2 aromatic rings. The van der Waals surface area contributed by atoms with Crippen molar-refractivity contribution in [3.63, 3.8) is 0 Å². The van der Waals surface area contributed by atoms with Crippen LogP contribution in [0.3, 0.4) is 0 Å². The molecule has 180 valence electrons. The van der Waals surface area contributed by atoms with E-state index in [2.05, 4.69) is 15.0 Å². The van der Waals surface area contributed by atoms with Gasteiger partial charge in [-0.1, -0.05) is 51.0 Å². The van der Waals surface area contributed by atoms with Gasteiger partial charge in [-0.2, -0.15) is 0 Å². The predicted octanol–water partition coefficient (Wildman–Crippen LogP) is 6.12. The van der Waals surface area contributed by atoms with Gasteiger partial charge in [-0.05, 0) is 58.2 Å². The van der Waals surface area contributed by atoms with Crippen molar-refractivity contribution in [2.24, 2.45) is 21.6 Å². The van der Waals surface area contributed by atoms with Crippen LogP contribution in [0.2, 0.25) is 0 Å². The second-order valence-corrected chi connectivity index (χ2v) is 7.71. The fraction of sp³-hybridized carbons (Fsp3) is 0.444. The van der Waals surface area contributed by atoms with Gasteiger partial charge in [0.1, 0.15) is 11.7 Å². The first-order chi connectivity index (χ1) is 15.8. The molecule has 6 heteroatoms. The molecule has 1 atom stereocenters. The van der Waals surface area contributed by atoms with E-state index in [-0.39, 0.29) is 17.0 Å². The summed E-state index contributed by atoms with van der Waals surface area (Å²) in [5.41, 5.74) is 10.3. The molecule has 1 aliphatic rings. The number of nitrogens with zero attached hydrogens (tertiary/aromatic N) is 2. The number of aliphatic hydroxyl groups excluding tert-OH is 1. The molecule has 0 saturated carbocycles. The van der Waals surface area contributed by atoms with E-state index in [1.165, 1.54) is 5.57 Å². The van der Waals surface area contributed by atoms with Gasteiger partial charge in [-0.25, -0.2) is 4.99 Å². The molecule has 6 nitrogen and oxygen atoms in total. The largest absolute Gasteiger partial charge is 0.513 e. The predicted molar refractivity (Wildman–Crippen MR) is 143 cm³/mol. The van der Waals surface area contributed by atoms with Gasteiger partial charge in [-0.3, -0.25) is 9.79 Å². The molecule has 4 N–H and O–H groups in total. The number of benzene rings is 1. The number of aromatic nitrogens is 1. The molecule has 0 bridgehead atoms. The van der Waals surface area contributed by atoms with Crippen LogP contribution in [0.5, 0.6) is 0 Å². The highest BCUT2D eigenvalue weighted by molar-refractivity contribution is 6.06. The normalized spacial score (nSPS) is 16.9. The third kappa shape index (κ3) is 7.45. The number of aliphatic imine (C=N–C) groups is 2. The number of aromatic amines is 1. The number of nitrogens with two attached hydrogens (primary N) is 1. The lowest BCUT2D eigenvalue weighted by Gasteiger charge is -2.20. The smallest absolute Gasteiger partial charge is 0.193 e. The van der Waals surface area contributed by atoms with Gasteiger partial charge in [0.2, 0.25) is 0 Å². The molecule has 1 aromatic carbocycles. The fourth-order valence-electron chi connectivity index (χ4n) is 3.49. The first-order valence-corrected chi connectivity index (χ1v) is 11.8. The Morgan fingerprint density at radius 1 is 1.18 bits per heavy atom. The third-order valence-electron chi connectivity index (χ3n) is 5.34. The second-order valence-electron chi connectivity index (χ2n) is 7.71. The van der Waals surface area contributed by atoms with Gasteiger partial charge >= 0.3 is 0 Å². The van der Waals surface area contributed by atoms with Crippen LogP contribution in [0.25, 0.3) is 10.9 Å². The summed E-state index contributed by atoms with van der Waals surface area (Å²) in [4.78, 5) is 25.1. The zero-order valence-electron chi connectivity index (χ0n) is 21.4. The summed E-state index contributed by atoms with van der Waals surface area (Å²) in [5, 5.41) is 9.96. The Balaban J connectivity index is 0.00000129. The molecule has 0 aliphatic carbocycles. The molecule has 0 amide bonds. The van der Waals surface area contributed by atoms with Gasteiger partial charge < -0.3 is 15.8 Å². The number of rotatable bonds is 3. The molecular formula is C27H40N4O2. The van der Waals surface area contributed by atoms with Crippen molar-refractivity contribution in [1.29, 1.82) is 0 Å². The number of hydrogen-bond acceptors (Lipinski definition) is 4. The van der Waals surface area contributed by atoms with E-state index in [4.69, 9.17) is 5.73 Å². The van der Waals surface area contributed by atoms with Gasteiger partial charge in [0.25, 0.3) is 0 Å². The Labute approximate surface area is 198 Å². The van der Waals surface area contributed by atoms with Crippen molar-refractivity contribution >= 4 is 22.6 Å². The highest BCUT2D eigenvalue weighted by atomic mass is 16.3. The molecule has 2 heterocycles. The van der Waals surface area contributed by atoms with E-state index < -0.39 is 0 Å². The maximum Gasteiger partial charge on any atom is 0.193 e. The van der Waals surface area contributed by atoms with Crippen LogP contribution in [0.15, 0.2) is 56.5 Å². The van der Waals surface area contributed by atoms with Crippen LogP contribution >= 0.6 is 0 Å². The van der Waals surface area contributed by atoms with Crippen LogP contribution in [0.4, 0.5) is 0 Å². The third-order valence-corrected chi connectivity index (χ3v) is 5.34. The Morgan fingerprint density at radius 2 is 1.85 bits per heavy atom. The summed E-state index contributed by atoms with van der Waals surface area (Å²) in [6, 6.07) is 5.73. The van der Waals surface area contributed by atoms with Gasteiger partial charge in [0.05, 0.1) is 11.5 Å². The van der Waals surface area contributed by atoms with E-state index in [9.17, 15) is 9.90 Å². The van der Waals surface area contributed by atoms with Crippen LogP contribution in [0.1, 0.15) is 71.2 Å². The monoisotopic (exact) mass is 452 g/mol. The summed E-state index contributed by atoms with van der Waals surface area (Å²) in [7, 11) is 0. The Hall–Kier alpha value is -3.15. The summed E-state index contributed by atoms with van der Waals surface area (Å²) >= 11 is 0. The quantitative estimate of drug-likeness (QED) is 0.226. The van der Waals surface area contributed by atoms with Gasteiger partial charge in [-0.15, -0.1) is 0 Å². The number of hydrogen-bond donors (Lipinski definition) is 3. The highest BCUT2D eigenvalue weighted by Gasteiger charge is 2.18. The van der Waals surface area contributed by atoms with E-state index in [1.54, 1.807) is 19.9 Å². The summed E-state index contributed by atoms with van der Waals surface area (Å²) in [6.07, 6.45) is 5.27. The van der Waals surface area contributed by atoms with E-state index >= 15 is 0 Å². The lowest BCUT2D eigenvalue weighted by Crippen LogP contribution is -2.24. The Kier molecular flexibility index (Phi) is 11.3. The van der Waals surface area contributed by atoms with E-state index in [0.29, 0.717) is 41.4 Å². The topological polar surface area (TPSA) is 104 Å². The van der Waals surface area contributed by atoms with Crippen LogP contribution in [-0.4, -0.2) is 28.3 Å². The number of pyridine rings is 1. The molecule has 1 aromatic heterocycles. The zero-order valence-corrected chi connectivity index (χ0v) is 21.4. The number of H-pyrrole nitrogens is 1. The Morgan fingerprint density at radius 3 is 2.42 bits per heavy atom. The Bertz CT molecular complexity index is 1120. The number of nitrogens with one attached hydrogen (secondary N) is 1. The van der Waals surface area contributed by atoms with Crippen molar-refractivity contribution in [2.45, 2.75) is 68.2 Å². The number of allylic oxidation sites excluding steroid dienone is 3. The average Bonchev–Trinajstić information content (AvgIpc) is 2.83. The lowest BCUT2D eigenvalue weighted by molar-refractivity contribution is 0.414. The SMILES string of the molecule is C/C(O)=C\C=C(/C)C1CCC(N=C(N)c2[nH]c3ccc(C)cc3c(=O)c2C)=NC1.CC.CC. The fourth-order valence-corrected chi connectivity index (χ4v) is 3.49. The lowest BCUT2D eigenvalue weighted by atomic mass is 9.92. The number of aryl methyl sites for hydroxylation is 1. The molecule has 0 fully saturated rings. The maximum absolute atomic E-state index is 12.7. The molecule has 3 rings (SSSR count). The van der Waals surface area contributed by atoms with Crippen molar-refractivity contribution in [2.75, 3.05) is 6.54 Å². The molecular weight excluding hydrogens is 412 g/mol. The zero-order chi connectivity index (χ0) is 25.1. The van der Waals surface area contributed by atoms with Crippen molar-refractivity contribution in [3.8, 4) is 0 Å². The minimum absolute atomic E-state index is 0.0331. The minimum atomic E-state index is -0.0331. The van der Waals surface area contributed by atoms with Crippen molar-refractivity contribution in [1.82, 2.24) is 4.98 Å². The van der Waals surface area contributed by atoms with Crippen molar-refractivity contribution in [3.05, 3.63) is 68.7 Å². The number of amidine groups is 2. The van der Waals surface area contributed by atoms with Crippen LogP contribution < -0.4 is 11.2 Å². The van der Waals surface area contributed by atoms with Gasteiger partial charge in [0, 0.05) is 29.4 Å². The highest BCUT2D eigenvalue weighted by Crippen LogP contribution is 2.23. The van der Waals surface area contributed by atoms with E-state index in [0.717, 1.165) is 17.5 Å². The maximum atomic E-state index is 12.7. The minimum Gasteiger partial charge on any atom is -0.513 e. The van der Waals surface area contributed by atoms with Gasteiger partial charge in [0.15, 0.2) is 5.43 Å². The molecule has 1 aliphatic heterocycles.